The molecule has 0 saturated heterocycles. The fourth-order valence-electron chi connectivity index (χ4n) is 1.91. The molecule has 2 aromatic heterocycles. The zero-order valence-electron chi connectivity index (χ0n) is 9.80. The number of methoxy groups -OCH3 is 1. The van der Waals surface area contributed by atoms with Gasteiger partial charge in [0.25, 0.3) is 0 Å². The molecule has 0 bridgehead atoms. The summed E-state index contributed by atoms with van der Waals surface area (Å²) in [7, 11) is 1.67. The molecule has 0 saturated carbocycles. The molecule has 18 heavy (non-hydrogen) atoms. The molecular formula is C14H11IN2O. The Bertz CT molecular complexity index is 689. The summed E-state index contributed by atoms with van der Waals surface area (Å²) in [6.45, 7) is 0. The highest BCUT2D eigenvalue weighted by atomic mass is 127. The van der Waals surface area contributed by atoms with Crippen molar-refractivity contribution in [1.29, 1.82) is 0 Å². The Kier molecular flexibility index (Phi) is 2.95. The second-order valence-electron chi connectivity index (χ2n) is 3.93. The number of nitrogens with zero attached hydrogens (tertiary/aromatic N) is 2. The van der Waals surface area contributed by atoms with E-state index in [0.717, 1.165) is 22.8 Å². The molecule has 0 radical (unpaired) electrons. The van der Waals surface area contributed by atoms with Crippen molar-refractivity contribution in [1.82, 2.24) is 9.38 Å². The van der Waals surface area contributed by atoms with Gasteiger partial charge < -0.3 is 4.74 Å². The van der Waals surface area contributed by atoms with Gasteiger partial charge in [0.1, 0.15) is 5.65 Å². The highest BCUT2D eigenvalue weighted by molar-refractivity contribution is 14.1. The number of aromatic nitrogens is 2. The number of imidazole rings is 1. The van der Waals surface area contributed by atoms with Crippen molar-refractivity contribution < 1.29 is 4.74 Å². The summed E-state index contributed by atoms with van der Waals surface area (Å²) in [6, 6.07) is 14.2. The van der Waals surface area contributed by atoms with Crippen molar-refractivity contribution in [3.63, 3.8) is 0 Å². The summed E-state index contributed by atoms with van der Waals surface area (Å²) in [4.78, 5) is 4.60. The van der Waals surface area contributed by atoms with Crippen LogP contribution in [0.25, 0.3) is 16.9 Å². The van der Waals surface area contributed by atoms with Gasteiger partial charge in [0.2, 0.25) is 0 Å². The van der Waals surface area contributed by atoms with E-state index in [1.54, 1.807) is 7.11 Å². The van der Waals surface area contributed by atoms with Crippen molar-refractivity contribution in [2.75, 3.05) is 7.11 Å². The van der Waals surface area contributed by atoms with Crippen LogP contribution in [-0.2, 0) is 0 Å². The molecular weight excluding hydrogens is 339 g/mol. The van der Waals surface area contributed by atoms with Gasteiger partial charge in [-0.2, -0.15) is 0 Å². The summed E-state index contributed by atoms with van der Waals surface area (Å²) in [5, 5.41) is 0. The van der Waals surface area contributed by atoms with Crippen LogP contribution in [0.3, 0.4) is 0 Å². The molecule has 90 valence electrons. The van der Waals surface area contributed by atoms with Gasteiger partial charge >= 0.3 is 0 Å². The minimum Gasteiger partial charge on any atom is -0.482 e. The number of hydrogen-bond acceptors (Lipinski definition) is 2. The molecule has 0 fully saturated rings. The second-order valence-corrected chi connectivity index (χ2v) is 5.18. The molecule has 0 spiro atoms. The quantitative estimate of drug-likeness (QED) is 0.660. The van der Waals surface area contributed by atoms with Crippen molar-refractivity contribution in [3.05, 3.63) is 52.2 Å². The SMILES string of the molecule is COc1cccc2nc(-c3ccc(I)cc3)cn12. The van der Waals surface area contributed by atoms with E-state index in [2.05, 4.69) is 51.8 Å². The highest BCUT2D eigenvalue weighted by Crippen LogP contribution is 2.23. The number of fused-ring (bicyclic) bond motifs is 1. The smallest absolute Gasteiger partial charge is 0.198 e. The van der Waals surface area contributed by atoms with Crippen molar-refractivity contribution in [2.45, 2.75) is 0 Å². The van der Waals surface area contributed by atoms with Crippen LogP contribution < -0.4 is 4.74 Å². The Morgan fingerprint density at radius 1 is 1.11 bits per heavy atom. The lowest BCUT2D eigenvalue weighted by molar-refractivity contribution is 0.392. The van der Waals surface area contributed by atoms with Crippen LogP contribution in [0.15, 0.2) is 48.7 Å². The van der Waals surface area contributed by atoms with Crippen molar-refractivity contribution >= 4 is 28.2 Å². The average Bonchev–Trinajstić information content (AvgIpc) is 2.83. The van der Waals surface area contributed by atoms with Gasteiger partial charge in [-0.25, -0.2) is 4.98 Å². The van der Waals surface area contributed by atoms with E-state index in [1.165, 1.54) is 3.57 Å². The summed E-state index contributed by atoms with van der Waals surface area (Å²) in [5.41, 5.74) is 2.96. The van der Waals surface area contributed by atoms with Gasteiger partial charge in [0.15, 0.2) is 5.88 Å². The lowest BCUT2D eigenvalue weighted by Gasteiger charge is -2.01. The van der Waals surface area contributed by atoms with Gasteiger partial charge in [0, 0.05) is 15.3 Å². The third-order valence-electron chi connectivity index (χ3n) is 2.80. The standard InChI is InChI=1S/C14H11IN2O/c1-18-14-4-2-3-13-16-12(9-17(13)14)10-5-7-11(15)8-6-10/h2-9H,1H3. The van der Waals surface area contributed by atoms with Crippen LogP contribution >= 0.6 is 22.6 Å². The predicted molar refractivity (Wildman–Crippen MR) is 79.9 cm³/mol. The van der Waals surface area contributed by atoms with E-state index in [-0.39, 0.29) is 0 Å². The molecule has 0 atom stereocenters. The molecule has 2 heterocycles. The largest absolute Gasteiger partial charge is 0.482 e. The van der Waals surface area contributed by atoms with E-state index < -0.39 is 0 Å². The normalized spacial score (nSPS) is 10.8. The van der Waals surface area contributed by atoms with Gasteiger partial charge in [-0.3, -0.25) is 4.40 Å². The van der Waals surface area contributed by atoms with Crippen molar-refractivity contribution in [3.8, 4) is 17.1 Å². The summed E-state index contributed by atoms with van der Waals surface area (Å²) < 4.78 is 8.49. The van der Waals surface area contributed by atoms with Crippen LogP contribution in [0.5, 0.6) is 5.88 Å². The molecule has 0 aliphatic heterocycles. The Morgan fingerprint density at radius 3 is 2.61 bits per heavy atom. The number of hydrogen-bond donors (Lipinski definition) is 0. The molecule has 4 heteroatoms. The highest BCUT2D eigenvalue weighted by Gasteiger charge is 2.06. The van der Waals surface area contributed by atoms with Crippen LogP contribution in [0.1, 0.15) is 0 Å². The third-order valence-corrected chi connectivity index (χ3v) is 3.52. The van der Waals surface area contributed by atoms with Crippen LogP contribution in [0.4, 0.5) is 0 Å². The first-order valence-corrected chi connectivity index (χ1v) is 6.64. The molecule has 3 rings (SSSR count). The summed E-state index contributed by atoms with van der Waals surface area (Å²) in [6.07, 6.45) is 2.00. The van der Waals surface area contributed by atoms with Gasteiger partial charge in [-0.1, -0.05) is 18.2 Å². The van der Waals surface area contributed by atoms with E-state index in [1.807, 2.05) is 28.8 Å². The van der Waals surface area contributed by atoms with Crippen LogP contribution in [-0.4, -0.2) is 16.5 Å². The third kappa shape index (κ3) is 1.96. The lowest BCUT2D eigenvalue weighted by atomic mass is 10.2. The van der Waals surface area contributed by atoms with E-state index >= 15 is 0 Å². The molecule has 0 N–H and O–H groups in total. The van der Waals surface area contributed by atoms with E-state index in [0.29, 0.717) is 0 Å². The number of benzene rings is 1. The first kappa shape index (κ1) is 11.5. The van der Waals surface area contributed by atoms with Gasteiger partial charge in [0.05, 0.1) is 12.8 Å². The first-order valence-electron chi connectivity index (χ1n) is 5.56. The van der Waals surface area contributed by atoms with Crippen molar-refractivity contribution in [2.24, 2.45) is 0 Å². The minimum absolute atomic E-state index is 0.789. The maximum Gasteiger partial charge on any atom is 0.198 e. The Balaban J connectivity index is 2.16. The molecule has 3 aromatic rings. The summed E-state index contributed by atoms with van der Waals surface area (Å²) >= 11 is 2.30. The fraction of sp³-hybridized carbons (Fsp3) is 0.0714. The number of rotatable bonds is 2. The van der Waals surface area contributed by atoms with Crippen LogP contribution in [0.2, 0.25) is 0 Å². The molecule has 0 amide bonds. The van der Waals surface area contributed by atoms with Gasteiger partial charge in [-0.05, 0) is 46.9 Å². The molecule has 0 aliphatic rings. The zero-order chi connectivity index (χ0) is 12.5. The minimum atomic E-state index is 0.789. The molecule has 3 nitrogen and oxygen atoms in total. The lowest BCUT2D eigenvalue weighted by Crippen LogP contribution is -1.91. The maximum atomic E-state index is 5.32. The monoisotopic (exact) mass is 350 g/mol. The van der Waals surface area contributed by atoms with Gasteiger partial charge in [-0.15, -0.1) is 0 Å². The topological polar surface area (TPSA) is 26.5 Å². The maximum absolute atomic E-state index is 5.32. The average molecular weight is 350 g/mol. The molecule has 1 aromatic carbocycles. The fourth-order valence-corrected chi connectivity index (χ4v) is 2.27. The predicted octanol–water partition coefficient (Wildman–Crippen LogP) is 3.61. The number of pyridine rings is 1. The Labute approximate surface area is 119 Å². The molecule has 0 unspecified atom stereocenters. The first-order chi connectivity index (χ1) is 8.78. The zero-order valence-corrected chi connectivity index (χ0v) is 12.0. The number of ether oxygens (including phenoxy) is 1. The van der Waals surface area contributed by atoms with E-state index in [9.17, 15) is 0 Å². The van der Waals surface area contributed by atoms with E-state index in [4.69, 9.17) is 4.74 Å². The second kappa shape index (κ2) is 4.61. The Hall–Kier alpha value is -1.56. The number of halogens is 1. The molecule has 0 aliphatic carbocycles. The summed E-state index contributed by atoms with van der Waals surface area (Å²) in [5.74, 6) is 0.789. The Morgan fingerprint density at radius 2 is 1.89 bits per heavy atom. The van der Waals surface area contributed by atoms with Crippen LogP contribution in [0, 0.1) is 3.57 Å².